The number of thioether (sulfide) groups is 1. The molecule has 0 aliphatic rings. The number of nitrogens with one attached hydrogen (secondary N) is 1. The highest BCUT2D eigenvalue weighted by atomic mass is 32.2. The molecule has 0 bridgehead atoms. The normalized spacial score (nSPS) is 13.3. The van der Waals surface area contributed by atoms with Crippen LogP contribution >= 0.6 is 11.8 Å². The Morgan fingerprint density at radius 3 is 2.24 bits per heavy atom. The maximum atomic E-state index is 12.7. The molecule has 1 amide bonds. The molecule has 4 heteroatoms. The summed E-state index contributed by atoms with van der Waals surface area (Å²) in [6.07, 6.45) is 0.926. The molecular weight excluding hydrogens is 330 g/mol. The first-order valence-corrected chi connectivity index (χ1v) is 9.53. The SMILES string of the molecule is COc1ccc(S[C@H](C)C(=O)N[C@H](CC(C)C)c2ccccc2)cc1. The number of benzene rings is 2. The first-order valence-electron chi connectivity index (χ1n) is 8.65. The van der Waals surface area contributed by atoms with E-state index >= 15 is 0 Å². The van der Waals surface area contributed by atoms with Crippen molar-refractivity contribution in [1.29, 1.82) is 0 Å². The minimum absolute atomic E-state index is 0.0487. The number of carbonyl (C=O) groups is 1. The number of carbonyl (C=O) groups excluding carboxylic acids is 1. The molecule has 0 unspecified atom stereocenters. The van der Waals surface area contributed by atoms with Crippen LogP contribution < -0.4 is 10.1 Å². The maximum absolute atomic E-state index is 12.7. The van der Waals surface area contributed by atoms with Crippen LogP contribution in [0.2, 0.25) is 0 Å². The van der Waals surface area contributed by atoms with E-state index in [0.29, 0.717) is 5.92 Å². The Labute approximate surface area is 155 Å². The molecule has 2 atom stereocenters. The largest absolute Gasteiger partial charge is 0.497 e. The van der Waals surface area contributed by atoms with Crippen molar-refractivity contribution in [3.05, 3.63) is 60.2 Å². The summed E-state index contributed by atoms with van der Waals surface area (Å²) in [5, 5.41) is 3.06. The minimum atomic E-state index is -0.160. The molecule has 0 aliphatic carbocycles. The molecule has 0 radical (unpaired) electrons. The highest BCUT2D eigenvalue weighted by Gasteiger charge is 2.20. The van der Waals surface area contributed by atoms with Crippen molar-refractivity contribution in [1.82, 2.24) is 5.32 Å². The van der Waals surface area contributed by atoms with Gasteiger partial charge in [0.25, 0.3) is 0 Å². The second-order valence-corrected chi connectivity index (χ2v) is 7.95. The molecule has 2 aromatic rings. The van der Waals surface area contributed by atoms with E-state index in [2.05, 4.69) is 31.3 Å². The monoisotopic (exact) mass is 357 g/mol. The van der Waals surface area contributed by atoms with Gasteiger partial charge in [0.1, 0.15) is 5.75 Å². The van der Waals surface area contributed by atoms with Gasteiger partial charge in [-0.05, 0) is 49.1 Å². The van der Waals surface area contributed by atoms with Crippen molar-refractivity contribution in [3.8, 4) is 5.75 Å². The van der Waals surface area contributed by atoms with E-state index < -0.39 is 0 Å². The molecule has 1 N–H and O–H groups in total. The average molecular weight is 358 g/mol. The molecule has 25 heavy (non-hydrogen) atoms. The lowest BCUT2D eigenvalue weighted by Crippen LogP contribution is -2.35. The van der Waals surface area contributed by atoms with E-state index in [0.717, 1.165) is 22.6 Å². The summed E-state index contributed by atoms with van der Waals surface area (Å²) in [5.74, 6) is 1.40. The number of hydrogen-bond donors (Lipinski definition) is 1. The molecular formula is C21H27NO2S. The lowest BCUT2D eigenvalue weighted by Gasteiger charge is -2.23. The lowest BCUT2D eigenvalue weighted by atomic mass is 9.97. The van der Waals surface area contributed by atoms with Crippen LogP contribution in [-0.4, -0.2) is 18.3 Å². The first kappa shape index (κ1) is 19.4. The van der Waals surface area contributed by atoms with Gasteiger partial charge < -0.3 is 10.1 Å². The Bertz CT molecular complexity index is 655. The predicted octanol–water partition coefficient (Wildman–Crippen LogP) is 5.08. The van der Waals surface area contributed by atoms with Crippen LogP contribution in [0.5, 0.6) is 5.75 Å². The predicted molar refractivity (Wildman–Crippen MR) is 105 cm³/mol. The molecule has 0 saturated carbocycles. The van der Waals surface area contributed by atoms with Gasteiger partial charge in [-0.3, -0.25) is 4.79 Å². The number of ether oxygens (including phenoxy) is 1. The second kappa shape index (κ2) is 9.52. The third-order valence-electron chi connectivity index (χ3n) is 3.97. The third-order valence-corrected chi connectivity index (χ3v) is 5.08. The van der Waals surface area contributed by atoms with Crippen LogP contribution in [0, 0.1) is 5.92 Å². The Hall–Kier alpha value is -1.94. The van der Waals surface area contributed by atoms with Gasteiger partial charge >= 0.3 is 0 Å². The van der Waals surface area contributed by atoms with E-state index in [4.69, 9.17) is 4.74 Å². The van der Waals surface area contributed by atoms with Gasteiger partial charge in [-0.1, -0.05) is 44.2 Å². The fraction of sp³-hybridized carbons (Fsp3) is 0.381. The molecule has 0 heterocycles. The van der Waals surface area contributed by atoms with Crippen LogP contribution in [0.1, 0.15) is 38.8 Å². The van der Waals surface area contributed by atoms with E-state index in [1.165, 1.54) is 0 Å². The lowest BCUT2D eigenvalue weighted by molar-refractivity contribution is -0.121. The highest BCUT2D eigenvalue weighted by Crippen LogP contribution is 2.27. The van der Waals surface area contributed by atoms with Gasteiger partial charge in [-0.2, -0.15) is 0 Å². The summed E-state index contributed by atoms with van der Waals surface area (Å²) in [5.41, 5.74) is 1.16. The molecule has 134 valence electrons. The Morgan fingerprint density at radius 2 is 1.68 bits per heavy atom. The van der Waals surface area contributed by atoms with Crippen molar-refractivity contribution in [2.45, 2.75) is 43.4 Å². The topological polar surface area (TPSA) is 38.3 Å². The van der Waals surface area contributed by atoms with Crippen molar-refractivity contribution in [3.63, 3.8) is 0 Å². The van der Waals surface area contributed by atoms with E-state index in [1.807, 2.05) is 49.4 Å². The van der Waals surface area contributed by atoms with Gasteiger partial charge in [0.2, 0.25) is 5.91 Å². The fourth-order valence-electron chi connectivity index (χ4n) is 2.64. The van der Waals surface area contributed by atoms with Crippen LogP contribution in [0.15, 0.2) is 59.5 Å². The number of hydrogen-bond acceptors (Lipinski definition) is 3. The van der Waals surface area contributed by atoms with E-state index in [9.17, 15) is 4.79 Å². The van der Waals surface area contributed by atoms with Crippen LogP contribution in [0.25, 0.3) is 0 Å². The third kappa shape index (κ3) is 6.13. The highest BCUT2D eigenvalue weighted by molar-refractivity contribution is 8.00. The molecule has 0 fully saturated rings. The summed E-state index contributed by atoms with van der Waals surface area (Å²) in [4.78, 5) is 13.7. The number of amides is 1. The summed E-state index contributed by atoms with van der Waals surface area (Å²) >= 11 is 1.56. The minimum Gasteiger partial charge on any atom is -0.497 e. The summed E-state index contributed by atoms with van der Waals surface area (Å²) < 4.78 is 5.17. The summed E-state index contributed by atoms with van der Waals surface area (Å²) in [6.45, 7) is 6.30. The van der Waals surface area contributed by atoms with Gasteiger partial charge in [-0.15, -0.1) is 11.8 Å². The van der Waals surface area contributed by atoms with Gasteiger partial charge in [0.05, 0.1) is 18.4 Å². The second-order valence-electron chi connectivity index (χ2n) is 6.54. The molecule has 0 saturated heterocycles. The molecule has 0 aliphatic heterocycles. The first-order chi connectivity index (χ1) is 12.0. The molecule has 0 aromatic heterocycles. The Kier molecular flexibility index (Phi) is 7.38. The zero-order chi connectivity index (χ0) is 18.2. The average Bonchev–Trinajstić information content (AvgIpc) is 2.62. The summed E-state index contributed by atoms with van der Waals surface area (Å²) in [7, 11) is 1.65. The summed E-state index contributed by atoms with van der Waals surface area (Å²) in [6, 6.07) is 18.0. The maximum Gasteiger partial charge on any atom is 0.233 e. The standard InChI is InChI=1S/C21H27NO2S/c1-15(2)14-20(17-8-6-5-7-9-17)22-21(23)16(3)25-19-12-10-18(24-4)11-13-19/h5-13,15-16,20H,14H2,1-4H3,(H,22,23)/t16-,20-/m1/s1. The Balaban J connectivity index is 2.01. The van der Waals surface area contributed by atoms with Crippen molar-refractivity contribution in [2.24, 2.45) is 5.92 Å². The zero-order valence-electron chi connectivity index (χ0n) is 15.4. The van der Waals surface area contributed by atoms with Crippen molar-refractivity contribution >= 4 is 17.7 Å². The van der Waals surface area contributed by atoms with Crippen LogP contribution in [-0.2, 0) is 4.79 Å². The van der Waals surface area contributed by atoms with Crippen LogP contribution in [0.4, 0.5) is 0 Å². The van der Waals surface area contributed by atoms with Crippen molar-refractivity contribution in [2.75, 3.05) is 7.11 Å². The molecule has 2 aromatic carbocycles. The molecule has 2 rings (SSSR count). The molecule has 3 nitrogen and oxygen atoms in total. The van der Waals surface area contributed by atoms with E-state index in [1.54, 1.807) is 18.9 Å². The fourth-order valence-corrected chi connectivity index (χ4v) is 3.51. The zero-order valence-corrected chi connectivity index (χ0v) is 16.2. The number of methoxy groups -OCH3 is 1. The quantitative estimate of drug-likeness (QED) is 0.670. The Morgan fingerprint density at radius 1 is 1.04 bits per heavy atom. The van der Waals surface area contributed by atoms with E-state index in [-0.39, 0.29) is 17.2 Å². The van der Waals surface area contributed by atoms with Crippen molar-refractivity contribution < 1.29 is 9.53 Å². The molecule has 0 spiro atoms. The van der Waals surface area contributed by atoms with Gasteiger partial charge in [0, 0.05) is 4.90 Å². The van der Waals surface area contributed by atoms with Gasteiger partial charge in [-0.25, -0.2) is 0 Å². The van der Waals surface area contributed by atoms with Gasteiger partial charge in [0.15, 0.2) is 0 Å². The number of rotatable bonds is 8. The smallest absolute Gasteiger partial charge is 0.233 e. The van der Waals surface area contributed by atoms with Crippen LogP contribution in [0.3, 0.4) is 0 Å².